The van der Waals surface area contributed by atoms with Gasteiger partial charge in [-0.15, -0.1) is 0 Å². The number of hydrogen-bond acceptors (Lipinski definition) is 5. The third-order valence-electron chi connectivity index (χ3n) is 6.27. The Morgan fingerprint density at radius 1 is 1.23 bits per heavy atom. The maximum absolute atomic E-state index is 12.8. The van der Waals surface area contributed by atoms with Crippen molar-refractivity contribution in [3.8, 4) is 5.75 Å². The van der Waals surface area contributed by atoms with Gasteiger partial charge in [0.2, 0.25) is 5.91 Å². The van der Waals surface area contributed by atoms with Crippen LogP contribution in [-0.4, -0.2) is 29.8 Å². The van der Waals surface area contributed by atoms with E-state index in [0.29, 0.717) is 23.9 Å². The van der Waals surface area contributed by atoms with E-state index >= 15 is 0 Å². The largest absolute Gasteiger partial charge is 0.497 e. The number of fused-ring (bicyclic) bond motifs is 2. The van der Waals surface area contributed by atoms with E-state index in [2.05, 4.69) is 36.1 Å². The predicted octanol–water partition coefficient (Wildman–Crippen LogP) is 5.21. The van der Waals surface area contributed by atoms with E-state index in [-0.39, 0.29) is 29.6 Å². The fourth-order valence-electron chi connectivity index (χ4n) is 4.33. The van der Waals surface area contributed by atoms with Gasteiger partial charge >= 0.3 is 0 Å². The minimum atomic E-state index is -0.280. The molecule has 2 heterocycles. The minimum Gasteiger partial charge on any atom is -0.497 e. The van der Waals surface area contributed by atoms with Crippen LogP contribution in [0.2, 0.25) is 0 Å². The highest BCUT2D eigenvalue weighted by atomic mass is 32.2. The third kappa shape index (κ3) is 4.76. The second-order valence-corrected chi connectivity index (χ2v) is 10.5. The molecule has 6 nitrogen and oxygen atoms in total. The van der Waals surface area contributed by atoms with Gasteiger partial charge in [-0.1, -0.05) is 32.5 Å². The number of methoxy groups -OCH3 is 1. The number of carbonyl (C=O) groups is 2. The number of carbonyl (C=O) groups excluding carboxylic acids is 2. The first kappa shape index (κ1) is 21.8. The lowest BCUT2D eigenvalue weighted by molar-refractivity contribution is -0.119. The number of aliphatic imine (C=N–C) groups is 2. The molecule has 0 bridgehead atoms. The third-order valence-corrected chi connectivity index (χ3v) is 7.49. The molecule has 0 radical (unpaired) electrons. The van der Waals surface area contributed by atoms with Crippen LogP contribution in [0.15, 0.2) is 44.7 Å². The molecule has 1 aromatic carbocycles. The number of benzene rings is 1. The molecular weight excluding hydrogens is 410 g/mol. The molecule has 0 saturated heterocycles. The molecule has 4 rings (SSSR count). The molecule has 0 spiro atoms. The molecule has 1 aliphatic carbocycles. The molecule has 0 saturated carbocycles. The Balaban J connectivity index is 1.36. The number of thioether (sulfide) groups is 1. The lowest BCUT2D eigenvalue weighted by Crippen LogP contribution is -2.28. The van der Waals surface area contributed by atoms with Gasteiger partial charge < -0.3 is 10.1 Å². The smallest absolute Gasteiger partial charge is 0.261 e. The topological polar surface area (TPSA) is 80.1 Å². The van der Waals surface area contributed by atoms with Crippen LogP contribution >= 0.6 is 11.8 Å². The Kier molecular flexibility index (Phi) is 6.06. The summed E-state index contributed by atoms with van der Waals surface area (Å²) in [4.78, 5) is 35.3. The molecule has 1 N–H and O–H groups in total. The van der Waals surface area contributed by atoms with E-state index in [1.165, 1.54) is 10.5 Å². The van der Waals surface area contributed by atoms with Gasteiger partial charge in [-0.2, -0.15) is 4.99 Å². The lowest BCUT2D eigenvalue weighted by Gasteiger charge is -2.34. The van der Waals surface area contributed by atoms with Crippen LogP contribution in [0.1, 0.15) is 52.9 Å². The van der Waals surface area contributed by atoms with Crippen LogP contribution in [0.25, 0.3) is 0 Å². The number of hydrogen-bond donors (Lipinski definition) is 1. The highest BCUT2D eigenvalue weighted by Gasteiger charge is 2.43. The second kappa shape index (κ2) is 8.61. The summed E-state index contributed by atoms with van der Waals surface area (Å²) < 4.78 is 5.12. The van der Waals surface area contributed by atoms with E-state index < -0.39 is 0 Å². The van der Waals surface area contributed by atoms with Crippen LogP contribution in [0, 0.1) is 17.3 Å². The van der Waals surface area contributed by atoms with Gasteiger partial charge in [0, 0.05) is 18.5 Å². The monoisotopic (exact) mass is 439 g/mol. The maximum Gasteiger partial charge on any atom is 0.261 e. The fourth-order valence-corrected chi connectivity index (χ4v) is 5.73. The average Bonchev–Trinajstić information content (AvgIpc) is 3.10. The standard InChI is InChI=1S/C24H29N3O3S/c1-24(2,3)14-5-10-17-18(13-14)31-23-21(17)22(29)26-19(27-23)11-12-20(28)25-15-6-8-16(30-4)9-7-15/h6-9,14,21H,5,10-13H2,1-4H3,(H,25,28). The number of rotatable bonds is 5. The Morgan fingerprint density at radius 2 is 1.97 bits per heavy atom. The Hall–Kier alpha value is -2.41. The number of nitrogens with zero attached hydrogens (tertiary/aromatic N) is 2. The zero-order valence-electron chi connectivity index (χ0n) is 18.5. The Labute approximate surface area is 187 Å². The van der Waals surface area contributed by atoms with Crippen molar-refractivity contribution in [1.29, 1.82) is 0 Å². The molecule has 2 atom stereocenters. The molecule has 3 aliphatic rings. The van der Waals surface area contributed by atoms with Crippen LogP contribution in [0.3, 0.4) is 0 Å². The quantitative estimate of drug-likeness (QED) is 0.683. The summed E-state index contributed by atoms with van der Waals surface area (Å²) >= 11 is 1.66. The van der Waals surface area contributed by atoms with Gasteiger partial charge in [0.25, 0.3) is 5.91 Å². The second-order valence-electron chi connectivity index (χ2n) is 9.38. The van der Waals surface area contributed by atoms with Crippen LogP contribution in [0.5, 0.6) is 5.75 Å². The molecule has 31 heavy (non-hydrogen) atoms. The summed E-state index contributed by atoms with van der Waals surface area (Å²) in [6.07, 6.45) is 3.66. The molecular formula is C24H29N3O3S. The number of allylic oxidation sites excluding steroid dienone is 1. The van der Waals surface area contributed by atoms with Gasteiger partial charge in [0.15, 0.2) is 0 Å². The average molecular weight is 440 g/mol. The first-order valence-corrected chi connectivity index (χ1v) is 11.6. The van der Waals surface area contributed by atoms with Crippen molar-refractivity contribution in [3.05, 3.63) is 34.7 Å². The number of amidine groups is 1. The molecule has 7 heteroatoms. The van der Waals surface area contributed by atoms with Crippen molar-refractivity contribution in [3.63, 3.8) is 0 Å². The van der Waals surface area contributed by atoms with Gasteiger partial charge in [0.1, 0.15) is 17.5 Å². The highest BCUT2D eigenvalue weighted by Crippen LogP contribution is 2.52. The Bertz CT molecular complexity index is 986. The first-order chi connectivity index (χ1) is 14.7. The van der Waals surface area contributed by atoms with E-state index in [4.69, 9.17) is 4.74 Å². The van der Waals surface area contributed by atoms with Crippen molar-refractivity contribution in [1.82, 2.24) is 0 Å². The van der Waals surface area contributed by atoms with E-state index in [0.717, 1.165) is 30.1 Å². The minimum absolute atomic E-state index is 0.123. The van der Waals surface area contributed by atoms with Gasteiger partial charge in [-0.05, 0) is 65.3 Å². The van der Waals surface area contributed by atoms with Crippen molar-refractivity contribution < 1.29 is 14.3 Å². The summed E-state index contributed by atoms with van der Waals surface area (Å²) in [5.74, 6) is 1.28. The summed E-state index contributed by atoms with van der Waals surface area (Å²) in [6, 6.07) is 7.17. The summed E-state index contributed by atoms with van der Waals surface area (Å²) in [5.41, 5.74) is 2.20. The maximum atomic E-state index is 12.8. The molecule has 0 aromatic heterocycles. The zero-order valence-corrected chi connectivity index (χ0v) is 19.3. The molecule has 164 valence electrons. The lowest BCUT2D eigenvalue weighted by atomic mass is 9.71. The Morgan fingerprint density at radius 3 is 2.65 bits per heavy atom. The number of anilines is 1. The van der Waals surface area contributed by atoms with Crippen LogP contribution < -0.4 is 10.1 Å². The number of ether oxygens (including phenoxy) is 1. The number of amides is 2. The first-order valence-electron chi connectivity index (χ1n) is 10.8. The summed E-state index contributed by atoms with van der Waals surface area (Å²) in [7, 11) is 1.60. The van der Waals surface area contributed by atoms with Gasteiger partial charge in [0.05, 0.1) is 12.2 Å². The van der Waals surface area contributed by atoms with Crippen molar-refractivity contribution >= 4 is 40.1 Å². The molecule has 0 fully saturated rings. The normalized spacial score (nSPS) is 23.0. The molecule has 2 aliphatic heterocycles. The molecule has 2 unspecified atom stereocenters. The van der Waals surface area contributed by atoms with Crippen LogP contribution in [-0.2, 0) is 9.59 Å². The van der Waals surface area contributed by atoms with Crippen molar-refractivity contribution in [2.75, 3.05) is 12.4 Å². The summed E-state index contributed by atoms with van der Waals surface area (Å²) in [5, 5.41) is 3.71. The molecule has 1 aromatic rings. The van der Waals surface area contributed by atoms with Crippen molar-refractivity contribution in [2.45, 2.75) is 52.9 Å². The van der Waals surface area contributed by atoms with Gasteiger partial charge in [-0.3, -0.25) is 9.59 Å². The van der Waals surface area contributed by atoms with E-state index in [1.807, 2.05) is 0 Å². The summed E-state index contributed by atoms with van der Waals surface area (Å²) in [6.45, 7) is 6.87. The van der Waals surface area contributed by atoms with Crippen molar-refractivity contribution in [2.24, 2.45) is 27.2 Å². The molecule has 2 amide bonds. The van der Waals surface area contributed by atoms with E-state index in [1.54, 1.807) is 43.1 Å². The number of nitrogens with one attached hydrogen (secondary N) is 1. The van der Waals surface area contributed by atoms with E-state index in [9.17, 15) is 9.59 Å². The predicted molar refractivity (Wildman–Crippen MR) is 126 cm³/mol. The van der Waals surface area contributed by atoms with Gasteiger partial charge in [-0.25, -0.2) is 4.99 Å². The SMILES string of the molecule is COc1ccc(NC(=O)CCC2=NC(=O)C3C(=N2)SC2=C3CCC(C(C)(C)C)C2)cc1. The van der Waals surface area contributed by atoms with Crippen LogP contribution in [0.4, 0.5) is 5.69 Å². The highest BCUT2D eigenvalue weighted by molar-refractivity contribution is 8.17. The zero-order chi connectivity index (χ0) is 22.2. The fraction of sp³-hybridized carbons (Fsp3) is 0.500.